The summed E-state index contributed by atoms with van der Waals surface area (Å²) < 4.78 is 12.8. The zero-order valence-corrected chi connectivity index (χ0v) is 13.4. The van der Waals surface area contributed by atoms with Gasteiger partial charge in [-0.15, -0.1) is 22.7 Å². The molecular weight excluding hydrogens is 319 g/mol. The molecule has 0 fully saturated rings. The van der Waals surface area contributed by atoms with Crippen LogP contribution in [0.5, 0.6) is 0 Å². The van der Waals surface area contributed by atoms with Gasteiger partial charge < -0.3 is 5.32 Å². The Labute approximate surface area is 135 Å². The second-order valence-corrected chi connectivity index (χ2v) is 6.94. The summed E-state index contributed by atoms with van der Waals surface area (Å²) in [6.07, 6.45) is 0. The summed E-state index contributed by atoms with van der Waals surface area (Å²) in [5, 5.41) is 5.90. The second kappa shape index (κ2) is 6.37. The standard InChI is InChI=1S/C16H13FN2OS2/c1-10-19-14(9-21-10)15-7-6-13(22-15)8-18-16(20)11-2-4-12(17)5-3-11/h2-7,9H,8H2,1H3,(H,18,20). The predicted octanol–water partition coefficient (Wildman–Crippen LogP) is 4.25. The van der Waals surface area contributed by atoms with Gasteiger partial charge in [-0.1, -0.05) is 0 Å². The first-order chi connectivity index (χ1) is 10.6. The van der Waals surface area contributed by atoms with E-state index in [-0.39, 0.29) is 11.7 Å². The first-order valence-corrected chi connectivity index (χ1v) is 8.36. The zero-order valence-electron chi connectivity index (χ0n) is 11.8. The molecule has 3 rings (SSSR count). The van der Waals surface area contributed by atoms with Gasteiger partial charge in [-0.05, 0) is 43.3 Å². The van der Waals surface area contributed by atoms with Crippen molar-refractivity contribution in [1.29, 1.82) is 0 Å². The number of thiazole rings is 1. The third-order valence-electron chi connectivity index (χ3n) is 3.06. The average molecular weight is 332 g/mol. The fraction of sp³-hybridized carbons (Fsp3) is 0.125. The van der Waals surface area contributed by atoms with E-state index in [2.05, 4.69) is 10.3 Å². The molecule has 1 N–H and O–H groups in total. The molecule has 1 aromatic carbocycles. The molecule has 0 bridgehead atoms. The Bertz CT molecular complexity index is 793. The lowest BCUT2D eigenvalue weighted by atomic mass is 10.2. The van der Waals surface area contributed by atoms with Crippen molar-refractivity contribution in [2.45, 2.75) is 13.5 Å². The van der Waals surface area contributed by atoms with Crippen LogP contribution in [0.3, 0.4) is 0 Å². The van der Waals surface area contributed by atoms with E-state index in [4.69, 9.17) is 0 Å². The Morgan fingerprint density at radius 1 is 1.23 bits per heavy atom. The topological polar surface area (TPSA) is 42.0 Å². The highest BCUT2D eigenvalue weighted by Crippen LogP contribution is 2.28. The van der Waals surface area contributed by atoms with Crippen LogP contribution in [-0.4, -0.2) is 10.9 Å². The molecular formula is C16H13FN2OS2. The van der Waals surface area contributed by atoms with Crippen LogP contribution in [0.15, 0.2) is 41.8 Å². The minimum Gasteiger partial charge on any atom is -0.347 e. The molecule has 2 heterocycles. The third-order valence-corrected chi connectivity index (χ3v) is 4.94. The Kier molecular flexibility index (Phi) is 4.31. The summed E-state index contributed by atoms with van der Waals surface area (Å²) in [6, 6.07) is 9.51. The summed E-state index contributed by atoms with van der Waals surface area (Å²) in [6.45, 7) is 2.43. The first-order valence-electron chi connectivity index (χ1n) is 6.67. The molecule has 22 heavy (non-hydrogen) atoms. The Hall–Kier alpha value is -2.05. The van der Waals surface area contributed by atoms with Gasteiger partial charge >= 0.3 is 0 Å². The van der Waals surface area contributed by atoms with Crippen LogP contribution in [0.2, 0.25) is 0 Å². The van der Waals surface area contributed by atoms with Crippen molar-refractivity contribution >= 4 is 28.6 Å². The highest BCUT2D eigenvalue weighted by Gasteiger charge is 2.08. The third kappa shape index (κ3) is 3.40. The minimum atomic E-state index is -0.349. The van der Waals surface area contributed by atoms with Gasteiger partial charge in [0.05, 0.1) is 22.1 Å². The Balaban J connectivity index is 1.63. The fourth-order valence-corrected chi connectivity index (χ4v) is 3.55. The zero-order chi connectivity index (χ0) is 15.5. The lowest BCUT2D eigenvalue weighted by Gasteiger charge is -2.03. The first kappa shape index (κ1) is 14.9. The number of thiophene rings is 1. The van der Waals surface area contributed by atoms with Crippen LogP contribution in [0.4, 0.5) is 4.39 Å². The van der Waals surface area contributed by atoms with E-state index in [1.54, 1.807) is 22.7 Å². The van der Waals surface area contributed by atoms with Crippen molar-refractivity contribution < 1.29 is 9.18 Å². The number of halogens is 1. The average Bonchev–Trinajstić information content (AvgIpc) is 3.14. The van der Waals surface area contributed by atoms with E-state index < -0.39 is 0 Å². The van der Waals surface area contributed by atoms with Gasteiger partial charge in [-0.25, -0.2) is 9.37 Å². The van der Waals surface area contributed by atoms with Crippen molar-refractivity contribution in [2.75, 3.05) is 0 Å². The Morgan fingerprint density at radius 2 is 2.00 bits per heavy atom. The van der Waals surface area contributed by atoms with Gasteiger partial charge in [-0.3, -0.25) is 4.79 Å². The van der Waals surface area contributed by atoms with Gasteiger partial charge in [0, 0.05) is 15.8 Å². The van der Waals surface area contributed by atoms with Gasteiger partial charge in [0.1, 0.15) is 5.82 Å². The number of nitrogens with zero attached hydrogens (tertiary/aromatic N) is 1. The van der Waals surface area contributed by atoms with E-state index in [1.807, 2.05) is 24.4 Å². The quantitative estimate of drug-likeness (QED) is 0.776. The predicted molar refractivity (Wildman–Crippen MR) is 87.7 cm³/mol. The monoisotopic (exact) mass is 332 g/mol. The number of nitrogens with one attached hydrogen (secondary N) is 1. The number of amides is 1. The molecule has 0 aliphatic rings. The number of aromatic nitrogens is 1. The van der Waals surface area contributed by atoms with Crippen molar-refractivity contribution in [1.82, 2.24) is 10.3 Å². The van der Waals surface area contributed by atoms with E-state index in [1.165, 1.54) is 24.3 Å². The van der Waals surface area contributed by atoms with Crippen LogP contribution in [0.1, 0.15) is 20.2 Å². The van der Waals surface area contributed by atoms with Crippen LogP contribution in [-0.2, 0) is 6.54 Å². The molecule has 0 spiro atoms. The maximum atomic E-state index is 12.8. The van der Waals surface area contributed by atoms with Gasteiger partial charge in [0.15, 0.2) is 0 Å². The van der Waals surface area contributed by atoms with Crippen molar-refractivity contribution in [3.05, 3.63) is 63.0 Å². The highest BCUT2D eigenvalue weighted by molar-refractivity contribution is 7.16. The molecule has 0 saturated carbocycles. The fourth-order valence-electron chi connectivity index (χ4n) is 1.96. The number of hydrogen-bond acceptors (Lipinski definition) is 4. The van der Waals surface area contributed by atoms with Gasteiger partial charge in [0.25, 0.3) is 5.91 Å². The summed E-state index contributed by atoms with van der Waals surface area (Å²) in [5.41, 5.74) is 1.43. The molecule has 3 aromatic rings. The molecule has 0 unspecified atom stereocenters. The molecule has 0 radical (unpaired) electrons. The number of hydrogen-bond donors (Lipinski definition) is 1. The van der Waals surface area contributed by atoms with Crippen molar-refractivity contribution in [3.63, 3.8) is 0 Å². The molecule has 0 saturated heterocycles. The van der Waals surface area contributed by atoms with Crippen molar-refractivity contribution in [3.8, 4) is 10.6 Å². The SMILES string of the molecule is Cc1nc(-c2ccc(CNC(=O)c3ccc(F)cc3)s2)cs1. The summed E-state index contributed by atoms with van der Waals surface area (Å²) >= 11 is 3.23. The second-order valence-electron chi connectivity index (χ2n) is 4.71. The molecule has 0 aliphatic heterocycles. The lowest BCUT2D eigenvalue weighted by Crippen LogP contribution is -2.22. The highest BCUT2D eigenvalue weighted by atomic mass is 32.1. The minimum absolute atomic E-state index is 0.209. The van der Waals surface area contributed by atoms with Gasteiger partial charge in [0.2, 0.25) is 0 Å². The van der Waals surface area contributed by atoms with Crippen LogP contribution >= 0.6 is 22.7 Å². The van der Waals surface area contributed by atoms with E-state index >= 15 is 0 Å². The smallest absolute Gasteiger partial charge is 0.251 e. The van der Waals surface area contributed by atoms with Crippen molar-refractivity contribution in [2.24, 2.45) is 0 Å². The van der Waals surface area contributed by atoms with E-state index in [0.29, 0.717) is 12.1 Å². The molecule has 112 valence electrons. The largest absolute Gasteiger partial charge is 0.347 e. The normalized spacial score (nSPS) is 10.6. The maximum Gasteiger partial charge on any atom is 0.251 e. The lowest BCUT2D eigenvalue weighted by molar-refractivity contribution is 0.0951. The number of carbonyl (C=O) groups excluding carboxylic acids is 1. The molecule has 0 atom stereocenters. The number of benzene rings is 1. The van der Waals surface area contributed by atoms with Crippen LogP contribution in [0, 0.1) is 12.7 Å². The van der Waals surface area contributed by atoms with Crippen LogP contribution < -0.4 is 5.32 Å². The van der Waals surface area contributed by atoms with E-state index in [9.17, 15) is 9.18 Å². The molecule has 6 heteroatoms. The molecule has 2 aromatic heterocycles. The van der Waals surface area contributed by atoms with E-state index in [0.717, 1.165) is 20.5 Å². The number of carbonyl (C=O) groups is 1. The summed E-state index contributed by atoms with van der Waals surface area (Å²) in [7, 11) is 0. The Morgan fingerprint density at radius 3 is 2.68 bits per heavy atom. The molecule has 3 nitrogen and oxygen atoms in total. The number of rotatable bonds is 4. The summed E-state index contributed by atoms with van der Waals surface area (Å²) in [4.78, 5) is 18.6. The van der Waals surface area contributed by atoms with Crippen LogP contribution in [0.25, 0.3) is 10.6 Å². The maximum absolute atomic E-state index is 12.8. The van der Waals surface area contributed by atoms with Gasteiger partial charge in [-0.2, -0.15) is 0 Å². The molecule has 1 amide bonds. The summed E-state index contributed by atoms with van der Waals surface area (Å²) in [5.74, 6) is -0.558. The molecule has 0 aliphatic carbocycles. The number of aryl methyl sites for hydroxylation is 1.